The van der Waals surface area contributed by atoms with Crippen molar-refractivity contribution in [3.8, 4) is 0 Å². The highest BCUT2D eigenvalue weighted by Crippen LogP contribution is 2.15. The van der Waals surface area contributed by atoms with Crippen LogP contribution in [0.5, 0.6) is 0 Å². The molecule has 0 heterocycles. The van der Waals surface area contributed by atoms with E-state index in [1.54, 1.807) is 6.08 Å². The molecule has 0 spiro atoms. The van der Waals surface area contributed by atoms with Gasteiger partial charge >= 0.3 is 0 Å². The monoisotopic (exact) mass is 648 g/mol. The van der Waals surface area contributed by atoms with Gasteiger partial charge in [0, 0.05) is 6.42 Å². The van der Waals surface area contributed by atoms with E-state index in [9.17, 15) is 15.0 Å². The zero-order chi connectivity index (χ0) is 33.6. The standard InChI is InChI=1S/C42H81NO3/c1-3-5-7-9-11-13-15-17-18-19-20-21-22-23-24-26-27-29-31-33-35-37-41(45)40(39-44)43-42(46)38-36-34-32-30-28-25-16-14-12-10-8-6-4-2/h27,29,35,37,40-41,44-45H,3-26,28,30-34,36,38-39H2,1-2H3,(H,43,46)/b29-27+,37-35+. The Kier molecular flexibility index (Phi) is 37.4. The normalized spacial score (nSPS) is 13.2. The second kappa shape index (κ2) is 38.3. The molecule has 46 heavy (non-hydrogen) atoms. The average molecular weight is 648 g/mol. The molecule has 0 aromatic heterocycles. The number of nitrogens with one attached hydrogen (secondary N) is 1. The topological polar surface area (TPSA) is 69.6 Å². The van der Waals surface area contributed by atoms with E-state index >= 15 is 0 Å². The van der Waals surface area contributed by atoms with Crippen molar-refractivity contribution in [1.82, 2.24) is 5.32 Å². The predicted octanol–water partition coefficient (Wildman–Crippen LogP) is 12.5. The van der Waals surface area contributed by atoms with Crippen LogP contribution in [0.2, 0.25) is 0 Å². The summed E-state index contributed by atoms with van der Waals surface area (Å²) in [5.41, 5.74) is 0. The summed E-state index contributed by atoms with van der Waals surface area (Å²) in [6.45, 7) is 4.30. The summed E-state index contributed by atoms with van der Waals surface area (Å²) in [6, 6.07) is -0.633. The molecule has 0 fully saturated rings. The van der Waals surface area contributed by atoms with Gasteiger partial charge in [-0.05, 0) is 32.1 Å². The fraction of sp³-hybridized carbons (Fsp3) is 0.881. The summed E-state index contributed by atoms with van der Waals surface area (Å²) in [5, 5.41) is 22.9. The van der Waals surface area contributed by atoms with E-state index in [4.69, 9.17) is 0 Å². The Morgan fingerprint density at radius 3 is 1.26 bits per heavy atom. The zero-order valence-electron chi connectivity index (χ0n) is 31.1. The van der Waals surface area contributed by atoms with E-state index in [2.05, 4.69) is 31.3 Å². The van der Waals surface area contributed by atoms with E-state index in [0.29, 0.717) is 6.42 Å². The van der Waals surface area contributed by atoms with Crippen LogP contribution < -0.4 is 5.32 Å². The number of unbranched alkanes of at least 4 members (excludes halogenated alkanes) is 28. The van der Waals surface area contributed by atoms with Crippen LogP contribution in [0.4, 0.5) is 0 Å². The summed E-state index contributed by atoms with van der Waals surface area (Å²) in [7, 11) is 0. The molecule has 0 aliphatic heterocycles. The molecular weight excluding hydrogens is 566 g/mol. The Hall–Kier alpha value is -1.13. The van der Waals surface area contributed by atoms with Gasteiger partial charge < -0.3 is 15.5 Å². The van der Waals surface area contributed by atoms with Crippen LogP contribution >= 0.6 is 0 Å². The molecule has 4 heteroatoms. The average Bonchev–Trinajstić information content (AvgIpc) is 3.06. The largest absolute Gasteiger partial charge is 0.394 e. The molecule has 2 unspecified atom stereocenters. The second-order valence-corrected chi connectivity index (χ2v) is 14.1. The zero-order valence-corrected chi connectivity index (χ0v) is 31.1. The van der Waals surface area contributed by atoms with Crippen molar-refractivity contribution in [2.45, 2.75) is 231 Å². The fourth-order valence-electron chi connectivity index (χ4n) is 6.25. The highest BCUT2D eigenvalue weighted by molar-refractivity contribution is 5.76. The highest BCUT2D eigenvalue weighted by Gasteiger charge is 2.17. The molecule has 4 nitrogen and oxygen atoms in total. The van der Waals surface area contributed by atoms with E-state index < -0.39 is 12.1 Å². The number of carbonyl (C=O) groups is 1. The lowest BCUT2D eigenvalue weighted by Gasteiger charge is -2.19. The minimum Gasteiger partial charge on any atom is -0.394 e. The van der Waals surface area contributed by atoms with E-state index in [0.717, 1.165) is 32.1 Å². The Balaban J connectivity index is 3.60. The van der Waals surface area contributed by atoms with Gasteiger partial charge in [-0.3, -0.25) is 4.79 Å². The van der Waals surface area contributed by atoms with Crippen LogP contribution in [0.3, 0.4) is 0 Å². The second-order valence-electron chi connectivity index (χ2n) is 14.1. The van der Waals surface area contributed by atoms with Gasteiger partial charge in [0.25, 0.3) is 0 Å². The van der Waals surface area contributed by atoms with Gasteiger partial charge in [-0.25, -0.2) is 0 Å². The lowest BCUT2D eigenvalue weighted by molar-refractivity contribution is -0.123. The number of hydrogen-bond acceptors (Lipinski definition) is 3. The summed E-state index contributed by atoms with van der Waals surface area (Å²) in [5.74, 6) is -0.0729. The van der Waals surface area contributed by atoms with Gasteiger partial charge in [0.2, 0.25) is 5.91 Å². The molecule has 0 aliphatic carbocycles. The molecule has 0 saturated heterocycles. The fourth-order valence-corrected chi connectivity index (χ4v) is 6.25. The van der Waals surface area contributed by atoms with Crippen molar-refractivity contribution in [3.05, 3.63) is 24.3 Å². The van der Waals surface area contributed by atoms with Crippen LogP contribution in [-0.2, 0) is 4.79 Å². The third-order valence-corrected chi connectivity index (χ3v) is 9.44. The number of aliphatic hydroxyl groups excluding tert-OH is 2. The predicted molar refractivity (Wildman–Crippen MR) is 202 cm³/mol. The van der Waals surface area contributed by atoms with Crippen molar-refractivity contribution in [1.29, 1.82) is 0 Å². The lowest BCUT2D eigenvalue weighted by atomic mass is 10.0. The maximum atomic E-state index is 12.3. The van der Waals surface area contributed by atoms with Gasteiger partial charge in [-0.1, -0.05) is 205 Å². The first kappa shape index (κ1) is 44.9. The van der Waals surface area contributed by atoms with Crippen molar-refractivity contribution >= 4 is 5.91 Å². The molecule has 0 rings (SSSR count). The van der Waals surface area contributed by atoms with E-state index in [1.807, 2.05) is 6.08 Å². The Morgan fingerprint density at radius 1 is 0.500 bits per heavy atom. The maximum absolute atomic E-state index is 12.3. The molecule has 2 atom stereocenters. The van der Waals surface area contributed by atoms with Gasteiger partial charge in [0.1, 0.15) is 0 Å². The molecule has 0 radical (unpaired) electrons. The Labute approximate surface area is 288 Å². The van der Waals surface area contributed by atoms with Gasteiger partial charge in [0.05, 0.1) is 18.8 Å². The molecule has 1 amide bonds. The molecule has 0 saturated carbocycles. The molecule has 0 aromatic carbocycles. The van der Waals surface area contributed by atoms with Crippen LogP contribution in [0.15, 0.2) is 24.3 Å². The van der Waals surface area contributed by atoms with Crippen molar-refractivity contribution in [3.63, 3.8) is 0 Å². The first-order valence-corrected chi connectivity index (χ1v) is 20.6. The number of hydrogen-bond donors (Lipinski definition) is 3. The minimum atomic E-state index is -0.857. The Bertz CT molecular complexity index is 661. The SMILES string of the molecule is CCCCCCCCCCCCCCCCC/C=C/CC/C=C/C(O)C(CO)NC(=O)CCCCCCCCCCCCCCC. The summed E-state index contributed by atoms with van der Waals surface area (Å²) < 4.78 is 0. The molecule has 0 aliphatic rings. The first-order chi connectivity index (χ1) is 22.7. The molecular formula is C42H81NO3. The number of allylic oxidation sites excluding steroid dienone is 3. The van der Waals surface area contributed by atoms with Crippen molar-refractivity contribution in [2.24, 2.45) is 0 Å². The smallest absolute Gasteiger partial charge is 0.220 e. The third-order valence-electron chi connectivity index (χ3n) is 9.44. The molecule has 272 valence electrons. The number of aliphatic hydroxyl groups is 2. The van der Waals surface area contributed by atoms with Gasteiger partial charge in [-0.15, -0.1) is 0 Å². The number of carbonyl (C=O) groups excluding carboxylic acids is 1. The summed E-state index contributed by atoms with van der Waals surface area (Å²) in [6.07, 6.45) is 48.5. The Morgan fingerprint density at radius 2 is 0.848 bits per heavy atom. The molecule has 0 aromatic rings. The molecule has 0 bridgehead atoms. The van der Waals surface area contributed by atoms with E-state index in [1.165, 1.54) is 167 Å². The summed E-state index contributed by atoms with van der Waals surface area (Å²) in [4.78, 5) is 12.3. The van der Waals surface area contributed by atoms with Crippen molar-refractivity contribution < 1.29 is 15.0 Å². The van der Waals surface area contributed by atoms with Crippen LogP contribution in [0, 0.1) is 0 Å². The summed E-state index contributed by atoms with van der Waals surface area (Å²) >= 11 is 0. The lowest BCUT2D eigenvalue weighted by Crippen LogP contribution is -2.45. The minimum absolute atomic E-state index is 0.0729. The quantitative estimate of drug-likeness (QED) is 0.0464. The maximum Gasteiger partial charge on any atom is 0.220 e. The first-order valence-electron chi connectivity index (χ1n) is 20.6. The number of amides is 1. The van der Waals surface area contributed by atoms with Crippen LogP contribution in [0.1, 0.15) is 219 Å². The van der Waals surface area contributed by atoms with Crippen molar-refractivity contribution in [2.75, 3.05) is 6.61 Å². The van der Waals surface area contributed by atoms with E-state index in [-0.39, 0.29) is 12.5 Å². The highest BCUT2D eigenvalue weighted by atomic mass is 16.3. The van der Waals surface area contributed by atoms with Crippen LogP contribution in [-0.4, -0.2) is 34.9 Å². The van der Waals surface area contributed by atoms with Gasteiger partial charge in [-0.2, -0.15) is 0 Å². The van der Waals surface area contributed by atoms with Gasteiger partial charge in [0.15, 0.2) is 0 Å². The third kappa shape index (κ3) is 34.2. The number of rotatable bonds is 37. The van der Waals surface area contributed by atoms with Crippen LogP contribution in [0.25, 0.3) is 0 Å². The molecule has 3 N–H and O–H groups in total.